The summed E-state index contributed by atoms with van der Waals surface area (Å²) >= 11 is 0. The third-order valence-corrected chi connectivity index (χ3v) is 6.23. The number of hydrogen-bond acceptors (Lipinski definition) is 4. The van der Waals surface area contributed by atoms with Crippen molar-refractivity contribution in [2.24, 2.45) is 0 Å². The minimum absolute atomic E-state index is 0. The molecule has 0 saturated heterocycles. The first-order valence-corrected chi connectivity index (χ1v) is 12.0. The minimum Gasteiger partial charge on any atom is -0.748 e. The van der Waals surface area contributed by atoms with Gasteiger partial charge in [-0.15, -0.1) is 0 Å². The van der Waals surface area contributed by atoms with Gasteiger partial charge in [0.25, 0.3) is 0 Å². The smallest absolute Gasteiger partial charge is 0.748 e. The fourth-order valence-corrected chi connectivity index (χ4v) is 4.13. The summed E-state index contributed by atoms with van der Waals surface area (Å²) < 4.78 is 33.8. The van der Waals surface area contributed by atoms with Crippen LogP contribution >= 0.6 is 0 Å². The first-order chi connectivity index (χ1) is 11.9. The van der Waals surface area contributed by atoms with Crippen molar-refractivity contribution in [2.75, 3.05) is 0 Å². The number of unbranched alkanes of at least 4 members (excludes halogenated alkanes) is 12. The maximum absolute atomic E-state index is 11.3. The van der Waals surface area contributed by atoms with Gasteiger partial charge in [-0.3, -0.25) is 0 Å². The molecule has 0 aromatic rings. The fraction of sp³-hybridized carbons (Fsp3) is 1.00. The summed E-state index contributed by atoms with van der Waals surface area (Å²) in [5, 5.41) is 8.43. The summed E-state index contributed by atoms with van der Waals surface area (Å²) in [5.74, 6) is 0. The largest absolute Gasteiger partial charge is 1.00 e. The zero-order chi connectivity index (χ0) is 19.0. The Labute approximate surface area is 185 Å². The third-order valence-electron chi connectivity index (χ3n) is 4.94. The minimum atomic E-state index is -4.24. The Morgan fingerprint density at radius 1 is 0.731 bits per heavy atom. The second kappa shape index (κ2) is 19.2. The molecule has 0 saturated carbocycles. The van der Waals surface area contributed by atoms with Gasteiger partial charge in [-0.2, -0.15) is 0 Å². The number of aliphatic hydroxyl groups is 1. The molecule has 26 heavy (non-hydrogen) atoms. The summed E-state index contributed by atoms with van der Waals surface area (Å²) in [5.41, 5.74) is 0. The van der Waals surface area contributed by atoms with Gasteiger partial charge in [0.05, 0.1) is 16.2 Å². The van der Waals surface area contributed by atoms with Gasteiger partial charge in [-0.05, 0) is 26.2 Å². The van der Waals surface area contributed by atoms with E-state index in [1.807, 2.05) is 0 Å². The van der Waals surface area contributed by atoms with Crippen molar-refractivity contribution in [1.82, 2.24) is 0 Å². The van der Waals surface area contributed by atoms with E-state index >= 15 is 0 Å². The molecule has 0 bridgehead atoms. The summed E-state index contributed by atoms with van der Waals surface area (Å²) in [7, 11) is -4.24. The monoisotopic (exact) mass is 400 g/mol. The summed E-state index contributed by atoms with van der Waals surface area (Å²) in [6, 6.07) is 0. The number of aliphatic hydroxyl groups excluding tert-OH is 1. The van der Waals surface area contributed by atoms with E-state index in [0.717, 1.165) is 19.3 Å². The Morgan fingerprint density at radius 2 is 1.12 bits per heavy atom. The summed E-state index contributed by atoms with van der Waals surface area (Å²) in [4.78, 5) is 0. The van der Waals surface area contributed by atoms with Crippen molar-refractivity contribution < 1.29 is 47.6 Å². The number of hydrogen-bond donors (Lipinski definition) is 1. The molecule has 0 aliphatic heterocycles. The number of rotatable bonds is 18. The molecule has 1 N–H and O–H groups in total. The van der Waals surface area contributed by atoms with Crippen molar-refractivity contribution in [2.45, 2.75) is 128 Å². The zero-order valence-corrected chi connectivity index (χ0v) is 20.4. The van der Waals surface area contributed by atoms with Crippen LogP contribution in [0.5, 0.6) is 0 Å². The second-order valence-corrected chi connectivity index (χ2v) is 9.22. The molecular weight excluding hydrogens is 359 g/mol. The Kier molecular flexibility index (Phi) is 21.5. The van der Waals surface area contributed by atoms with Crippen molar-refractivity contribution >= 4 is 10.1 Å². The van der Waals surface area contributed by atoms with Crippen LogP contribution in [0, 0.1) is 0 Å². The molecule has 0 aliphatic carbocycles. The molecule has 152 valence electrons. The zero-order valence-electron chi connectivity index (χ0n) is 17.5. The van der Waals surface area contributed by atoms with Crippen LogP contribution < -0.4 is 29.6 Å². The van der Waals surface area contributed by atoms with Crippen LogP contribution in [-0.4, -0.2) is 29.4 Å². The molecular formula is C20H41NaO4S. The van der Waals surface area contributed by atoms with Crippen molar-refractivity contribution in [3.8, 4) is 0 Å². The van der Waals surface area contributed by atoms with Crippen LogP contribution in [0.3, 0.4) is 0 Å². The van der Waals surface area contributed by atoms with Crippen molar-refractivity contribution in [1.29, 1.82) is 0 Å². The van der Waals surface area contributed by atoms with Crippen molar-refractivity contribution in [3.63, 3.8) is 0 Å². The van der Waals surface area contributed by atoms with Crippen LogP contribution in [0.25, 0.3) is 0 Å². The molecule has 0 aliphatic rings. The average molecular weight is 401 g/mol. The van der Waals surface area contributed by atoms with E-state index in [1.54, 1.807) is 6.92 Å². The van der Waals surface area contributed by atoms with Gasteiger partial charge in [0.1, 0.15) is 0 Å². The normalized spacial score (nSPS) is 14.0. The van der Waals surface area contributed by atoms with Crippen LogP contribution in [-0.2, 0) is 10.1 Å². The molecule has 0 rings (SSSR count). The van der Waals surface area contributed by atoms with E-state index < -0.39 is 21.5 Å². The van der Waals surface area contributed by atoms with Crippen LogP contribution in [0.15, 0.2) is 0 Å². The molecule has 2 unspecified atom stereocenters. The van der Waals surface area contributed by atoms with E-state index in [4.69, 9.17) is 0 Å². The first kappa shape index (κ1) is 29.1. The topological polar surface area (TPSA) is 77.4 Å². The molecule has 0 aromatic heterocycles. The van der Waals surface area contributed by atoms with E-state index in [9.17, 15) is 18.1 Å². The molecule has 0 radical (unpaired) electrons. The Morgan fingerprint density at radius 3 is 1.46 bits per heavy atom. The average Bonchev–Trinajstić information content (AvgIpc) is 2.53. The standard InChI is InChI=1S/C20H42O4S.Na/c1-3-4-5-6-7-8-9-10-11-12-13-14-15-16-20(25(22,23)24)18-17-19(2)21;/h19-21H,3-18H2,1-2H3,(H,22,23,24);/q;+1/p-1. The van der Waals surface area contributed by atoms with Gasteiger partial charge in [0.15, 0.2) is 0 Å². The molecule has 0 amide bonds. The predicted molar refractivity (Wildman–Crippen MR) is 105 cm³/mol. The molecule has 0 spiro atoms. The SMILES string of the molecule is CCCCCCCCCCCCCCCC(CCC(C)O)S(=O)(=O)[O-].[Na+]. The van der Waals surface area contributed by atoms with Gasteiger partial charge in [0.2, 0.25) is 0 Å². The van der Waals surface area contributed by atoms with E-state index in [1.165, 1.54) is 64.2 Å². The van der Waals surface area contributed by atoms with Gasteiger partial charge < -0.3 is 9.66 Å². The molecule has 4 nitrogen and oxygen atoms in total. The Balaban J connectivity index is 0. The van der Waals surface area contributed by atoms with Crippen LogP contribution in [0.4, 0.5) is 0 Å². The van der Waals surface area contributed by atoms with Crippen molar-refractivity contribution in [3.05, 3.63) is 0 Å². The molecule has 2 atom stereocenters. The summed E-state index contributed by atoms with van der Waals surface area (Å²) in [6.45, 7) is 3.87. The van der Waals surface area contributed by atoms with Gasteiger partial charge in [-0.1, -0.05) is 90.4 Å². The summed E-state index contributed by atoms with van der Waals surface area (Å²) in [6.07, 6.45) is 16.8. The van der Waals surface area contributed by atoms with E-state index in [-0.39, 0.29) is 36.0 Å². The quantitative estimate of drug-likeness (QED) is 0.218. The maximum atomic E-state index is 11.3. The Bertz CT molecular complexity index is 385. The molecule has 0 aromatic carbocycles. The first-order valence-electron chi connectivity index (χ1n) is 10.5. The van der Waals surface area contributed by atoms with E-state index in [0.29, 0.717) is 12.8 Å². The van der Waals surface area contributed by atoms with Gasteiger partial charge >= 0.3 is 29.6 Å². The Hall–Kier alpha value is 0.870. The van der Waals surface area contributed by atoms with Gasteiger partial charge in [0, 0.05) is 5.25 Å². The molecule has 6 heteroatoms. The van der Waals surface area contributed by atoms with E-state index in [2.05, 4.69) is 6.92 Å². The van der Waals surface area contributed by atoms with Gasteiger partial charge in [-0.25, -0.2) is 8.42 Å². The second-order valence-electron chi connectivity index (χ2n) is 7.57. The third kappa shape index (κ3) is 19.6. The molecule has 0 heterocycles. The maximum Gasteiger partial charge on any atom is 1.00 e. The predicted octanol–water partition coefficient (Wildman–Crippen LogP) is 2.55. The molecule has 0 fully saturated rings. The fourth-order valence-electron chi connectivity index (χ4n) is 3.25. The van der Waals surface area contributed by atoms with Crippen LogP contribution in [0.1, 0.15) is 117 Å². The van der Waals surface area contributed by atoms with Crippen LogP contribution in [0.2, 0.25) is 0 Å².